The molecule has 1 amide bonds. The van der Waals surface area contributed by atoms with E-state index in [2.05, 4.69) is 10.4 Å². The van der Waals surface area contributed by atoms with Gasteiger partial charge in [-0.15, -0.1) is 0 Å². The molecule has 6 nitrogen and oxygen atoms in total. The fraction of sp³-hybridized carbons (Fsp3) is 0.190. The summed E-state index contributed by atoms with van der Waals surface area (Å²) in [6.07, 6.45) is 0.647. The first-order valence-corrected chi connectivity index (χ1v) is 8.66. The summed E-state index contributed by atoms with van der Waals surface area (Å²) < 4.78 is 6.72. The molecule has 2 aromatic carbocycles. The number of aromatic nitrogens is 2. The van der Waals surface area contributed by atoms with Gasteiger partial charge in [0.1, 0.15) is 5.75 Å². The lowest BCUT2D eigenvalue weighted by molar-refractivity contribution is 0.0946. The number of para-hydroxylation sites is 1. The van der Waals surface area contributed by atoms with Gasteiger partial charge in [-0.1, -0.05) is 30.3 Å². The summed E-state index contributed by atoms with van der Waals surface area (Å²) in [5.74, 6) is 0.311. The van der Waals surface area contributed by atoms with Gasteiger partial charge in [-0.2, -0.15) is 5.10 Å². The molecule has 1 heterocycles. The molecule has 1 N–H and O–H groups in total. The van der Waals surface area contributed by atoms with Crippen molar-refractivity contribution in [3.8, 4) is 11.4 Å². The van der Waals surface area contributed by atoms with Crippen molar-refractivity contribution in [3.05, 3.63) is 87.8 Å². The van der Waals surface area contributed by atoms with Gasteiger partial charge in [-0.05, 0) is 43.2 Å². The van der Waals surface area contributed by atoms with Crippen molar-refractivity contribution in [3.63, 3.8) is 0 Å². The number of rotatable bonds is 6. The van der Waals surface area contributed by atoms with Gasteiger partial charge in [0.15, 0.2) is 5.69 Å². The van der Waals surface area contributed by atoms with E-state index in [0.717, 1.165) is 17.0 Å². The molecule has 0 saturated carbocycles. The molecule has 0 spiro atoms. The Bertz CT molecular complexity index is 980. The van der Waals surface area contributed by atoms with Crippen molar-refractivity contribution in [1.29, 1.82) is 0 Å². The largest absolute Gasteiger partial charge is 0.497 e. The number of aryl methyl sites for hydroxylation is 1. The Morgan fingerprint density at radius 3 is 2.48 bits per heavy atom. The van der Waals surface area contributed by atoms with Crippen LogP contribution in [0.5, 0.6) is 5.75 Å². The molecule has 0 aliphatic carbocycles. The van der Waals surface area contributed by atoms with Gasteiger partial charge < -0.3 is 10.1 Å². The van der Waals surface area contributed by atoms with E-state index in [1.165, 1.54) is 6.07 Å². The summed E-state index contributed by atoms with van der Waals surface area (Å²) in [5.41, 5.74) is 2.03. The molecule has 0 atom stereocenters. The first-order chi connectivity index (χ1) is 13.1. The van der Waals surface area contributed by atoms with Crippen LogP contribution in [0.2, 0.25) is 0 Å². The zero-order valence-corrected chi connectivity index (χ0v) is 15.3. The highest BCUT2D eigenvalue weighted by molar-refractivity contribution is 5.92. The fourth-order valence-electron chi connectivity index (χ4n) is 2.73. The van der Waals surface area contributed by atoms with Gasteiger partial charge in [0.05, 0.1) is 12.8 Å². The second-order valence-electron chi connectivity index (χ2n) is 6.10. The summed E-state index contributed by atoms with van der Waals surface area (Å²) in [5, 5.41) is 7.03. The number of amides is 1. The molecule has 6 heteroatoms. The standard InChI is InChI=1S/C21H21N3O3/c1-15-14-19(25)20(23-24(15)17-6-4-3-5-7-17)21(26)22-13-12-16-8-10-18(27-2)11-9-16/h3-11,14H,12-13H2,1-2H3,(H,22,26). The molecule has 0 fully saturated rings. The van der Waals surface area contributed by atoms with E-state index in [1.54, 1.807) is 18.7 Å². The van der Waals surface area contributed by atoms with E-state index in [0.29, 0.717) is 18.7 Å². The zero-order chi connectivity index (χ0) is 19.2. The molecular weight excluding hydrogens is 342 g/mol. The van der Waals surface area contributed by atoms with Gasteiger partial charge in [-0.3, -0.25) is 9.59 Å². The van der Waals surface area contributed by atoms with Crippen molar-refractivity contribution in [1.82, 2.24) is 15.1 Å². The second-order valence-corrected chi connectivity index (χ2v) is 6.10. The minimum absolute atomic E-state index is 0.112. The molecular formula is C21H21N3O3. The third-order valence-electron chi connectivity index (χ3n) is 4.18. The number of benzene rings is 2. The Balaban J connectivity index is 1.71. The first-order valence-electron chi connectivity index (χ1n) is 8.66. The van der Waals surface area contributed by atoms with Crippen LogP contribution in [0.4, 0.5) is 0 Å². The van der Waals surface area contributed by atoms with E-state index in [9.17, 15) is 9.59 Å². The molecule has 0 radical (unpaired) electrons. The maximum Gasteiger partial charge on any atom is 0.275 e. The van der Waals surface area contributed by atoms with Crippen molar-refractivity contribution in [2.45, 2.75) is 13.3 Å². The van der Waals surface area contributed by atoms with Crippen molar-refractivity contribution in [2.75, 3.05) is 13.7 Å². The Hall–Kier alpha value is -3.41. The van der Waals surface area contributed by atoms with Crippen LogP contribution in [0.1, 0.15) is 21.7 Å². The molecule has 0 saturated heterocycles. The average Bonchev–Trinajstić information content (AvgIpc) is 2.69. The minimum atomic E-state index is -0.474. The zero-order valence-electron chi connectivity index (χ0n) is 15.3. The van der Waals surface area contributed by atoms with Crippen LogP contribution in [0, 0.1) is 6.92 Å². The maximum absolute atomic E-state index is 12.4. The molecule has 0 bridgehead atoms. The SMILES string of the molecule is COc1ccc(CCNC(=O)c2nn(-c3ccccc3)c(C)cc2=O)cc1. The quantitative estimate of drug-likeness (QED) is 0.730. The maximum atomic E-state index is 12.4. The van der Waals surface area contributed by atoms with Crippen LogP contribution < -0.4 is 15.5 Å². The highest BCUT2D eigenvalue weighted by Crippen LogP contribution is 2.11. The number of carbonyl (C=O) groups is 1. The summed E-state index contributed by atoms with van der Waals surface area (Å²) in [4.78, 5) is 24.7. The second kappa shape index (κ2) is 8.31. The molecule has 27 heavy (non-hydrogen) atoms. The van der Waals surface area contributed by atoms with Crippen LogP contribution in [0.3, 0.4) is 0 Å². The number of hydrogen-bond acceptors (Lipinski definition) is 4. The Morgan fingerprint density at radius 2 is 1.81 bits per heavy atom. The number of nitrogens with zero attached hydrogens (tertiary/aromatic N) is 2. The van der Waals surface area contributed by atoms with Gasteiger partial charge in [0.2, 0.25) is 5.43 Å². The number of methoxy groups -OCH3 is 1. The third kappa shape index (κ3) is 4.41. The fourth-order valence-corrected chi connectivity index (χ4v) is 2.73. The topological polar surface area (TPSA) is 73.2 Å². The van der Waals surface area contributed by atoms with Gasteiger partial charge in [0.25, 0.3) is 5.91 Å². The van der Waals surface area contributed by atoms with Gasteiger partial charge in [-0.25, -0.2) is 4.68 Å². The molecule has 3 aromatic rings. The monoisotopic (exact) mass is 363 g/mol. The molecule has 0 aliphatic heterocycles. The summed E-state index contributed by atoms with van der Waals surface area (Å²) in [7, 11) is 1.62. The lowest BCUT2D eigenvalue weighted by Gasteiger charge is -2.11. The van der Waals surface area contributed by atoms with E-state index in [4.69, 9.17) is 4.74 Å². The predicted octanol–water partition coefficient (Wildman–Crippen LogP) is 2.52. The first kappa shape index (κ1) is 18.4. The molecule has 138 valence electrons. The number of hydrogen-bond donors (Lipinski definition) is 1. The summed E-state index contributed by atoms with van der Waals surface area (Å²) >= 11 is 0. The highest BCUT2D eigenvalue weighted by Gasteiger charge is 2.14. The third-order valence-corrected chi connectivity index (χ3v) is 4.18. The van der Waals surface area contributed by atoms with E-state index in [1.807, 2.05) is 54.6 Å². The number of ether oxygens (including phenoxy) is 1. The van der Waals surface area contributed by atoms with E-state index >= 15 is 0 Å². The van der Waals surface area contributed by atoms with Crippen LogP contribution >= 0.6 is 0 Å². The Labute approximate surface area is 157 Å². The lowest BCUT2D eigenvalue weighted by atomic mass is 10.1. The minimum Gasteiger partial charge on any atom is -0.497 e. The van der Waals surface area contributed by atoms with Crippen LogP contribution in [0.15, 0.2) is 65.5 Å². The number of carbonyl (C=O) groups excluding carboxylic acids is 1. The molecule has 0 unspecified atom stereocenters. The Morgan fingerprint density at radius 1 is 1.11 bits per heavy atom. The van der Waals surface area contributed by atoms with E-state index in [-0.39, 0.29) is 11.1 Å². The predicted molar refractivity (Wildman–Crippen MR) is 104 cm³/mol. The van der Waals surface area contributed by atoms with Crippen LogP contribution in [-0.4, -0.2) is 29.3 Å². The highest BCUT2D eigenvalue weighted by atomic mass is 16.5. The normalized spacial score (nSPS) is 10.4. The smallest absolute Gasteiger partial charge is 0.275 e. The van der Waals surface area contributed by atoms with Crippen molar-refractivity contribution in [2.24, 2.45) is 0 Å². The molecule has 3 rings (SSSR count). The van der Waals surface area contributed by atoms with Gasteiger partial charge in [0, 0.05) is 18.3 Å². The van der Waals surface area contributed by atoms with Crippen molar-refractivity contribution < 1.29 is 9.53 Å². The molecule has 1 aromatic heterocycles. The van der Waals surface area contributed by atoms with Crippen LogP contribution in [-0.2, 0) is 6.42 Å². The summed E-state index contributed by atoms with van der Waals surface area (Å²) in [6, 6.07) is 18.5. The molecule has 0 aliphatic rings. The van der Waals surface area contributed by atoms with Crippen LogP contribution in [0.25, 0.3) is 5.69 Å². The lowest BCUT2D eigenvalue weighted by Crippen LogP contribution is -2.33. The summed E-state index contributed by atoms with van der Waals surface area (Å²) in [6.45, 7) is 2.19. The van der Waals surface area contributed by atoms with Crippen molar-refractivity contribution >= 4 is 5.91 Å². The Kier molecular flexibility index (Phi) is 5.66. The van der Waals surface area contributed by atoms with E-state index < -0.39 is 5.91 Å². The average molecular weight is 363 g/mol. The number of nitrogens with one attached hydrogen (secondary N) is 1. The van der Waals surface area contributed by atoms with Gasteiger partial charge >= 0.3 is 0 Å².